The molecule has 0 heterocycles. The molecule has 0 amide bonds. The van der Waals surface area contributed by atoms with Gasteiger partial charge in [0.15, 0.2) is 0 Å². The van der Waals surface area contributed by atoms with Crippen molar-refractivity contribution in [1.29, 1.82) is 0 Å². The van der Waals surface area contributed by atoms with Gasteiger partial charge in [-0.2, -0.15) is 8.42 Å². The van der Waals surface area contributed by atoms with Crippen LogP contribution in [0, 0.1) is 0 Å². The Morgan fingerprint density at radius 3 is 1.56 bits per heavy atom. The molecule has 4 aromatic carbocycles. The molecule has 0 aliphatic rings. The zero-order valence-corrected chi connectivity index (χ0v) is 14.6. The molecule has 130 valence electrons. The first-order valence-electron chi connectivity index (χ1n) is 8.18. The van der Waals surface area contributed by atoms with E-state index in [4.69, 9.17) is 0 Å². The molecule has 0 aliphatic heterocycles. The van der Waals surface area contributed by atoms with Crippen LogP contribution < -0.4 is 0 Å². The van der Waals surface area contributed by atoms with Gasteiger partial charge in [0.2, 0.25) is 0 Å². The minimum absolute atomic E-state index is 0. The van der Waals surface area contributed by atoms with E-state index in [1.165, 1.54) is 12.1 Å². The van der Waals surface area contributed by atoms with E-state index in [1.54, 1.807) is 6.07 Å². The van der Waals surface area contributed by atoms with Crippen LogP contribution in [-0.2, 0) is 10.1 Å². The molecular formula is C22H17NaO3S. The van der Waals surface area contributed by atoms with Crippen LogP contribution in [0.3, 0.4) is 0 Å². The van der Waals surface area contributed by atoms with Crippen molar-refractivity contribution in [3.05, 3.63) is 91.0 Å². The van der Waals surface area contributed by atoms with Gasteiger partial charge in [-0.15, -0.1) is 0 Å². The predicted octanol–water partition coefficient (Wildman–Crippen LogP) is 4.77. The van der Waals surface area contributed by atoms with Gasteiger partial charge >= 0.3 is 29.6 Å². The van der Waals surface area contributed by atoms with Crippen molar-refractivity contribution in [2.45, 2.75) is 4.90 Å². The van der Waals surface area contributed by atoms with E-state index in [-0.39, 0.29) is 34.5 Å². The Bertz CT molecular complexity index is 1190. The normalized spacial score (nSPS) is 11.1. The summed E-state index contributed by atoms with van der Waals surface area (Å²) in [5.74, 6) is 0. The monoisotopic (exact) mass is 384 g/mol. The Kier molecular flexibility index (Phi) is 5.84. The van der Waals surface area contributed by atoms with E-state index < -0.39 is 10.1 Å². The molecule has 0 bridgehead atoms. The molecule has 0 aromatic heterocycles. The molecule has 0 atom stereocenters. The van der Waals surface area contributed by atoms with Crippen LogP contribution in [0.25, 0.3) is 33.0 Å². The van der Waals surface area contributed by atoms with Crippen LogP contribution in [0.15, 0.2) is 95.9 Å². The molecule has 3 nitrogen and oxygen atoms in total. The molecule has 5 heteroatoms. The average molecular weight is 384 g/mol. The number of fused-ring (bicyclic) bond motifs is 1. The van der Waals surface area contributed by atoms with Crippen LogP contribution >= 0.6 is 0 Å². The maximum absolute atomic E-state index is 11.5. The van der Waals surface area contributed by atoms with Gasteiger partial charge in [-0.25, -0.2) is 0 Å². The van der Waals surface area contributed by atoms with E-state index in [1.807, 2.05) is 54.6 Å². The summed E-state index contributed by atoms with van der Waals surface area (Å²) in [6, 6.07) is 28.7. The van der Waals surface area contributed by atoms with Crippen LogP contribution in [0.2, 0.25) is 0 Å². The van der Waals surface area contributed by atoms with Crippen LogP contribution in [0.1, 0.15) is 0 Å². The molecule has 27 heavy (non-hydrogen) atoms. The fourth-order valence-corrected chi connectivity index (χ4v) is 3.67. The molecule has 0 unspecified atom stereocenters. The summed E-state index contributed by atoms with van der Waals surface area (Å²) in [6.07, 6.45) is 0. The summed E-state index contributed by atoms with van der Waals surface area (Å²) >= 11 is 0. The first kappa shape index (κ1) is 19.8. The fourth-order valence-electron chi connectivity index (χ4n) is 3.15. The van der Waals surface area contributed by atoms with Gasteiger partial charge < -0.3 is 0 Å². The third kappa shape index (κ3) is 4.15. The van der Waals surface area contributed by atoms with Crippen LogP contribution in [-0.4, -0.2) is 42.5 Å². The molecule has 4 aromatic rings. The van der Waals surface area contributed by atoms with E-state index >= 15 is 0 Å². The molecule has 0 aliphatic carbocycles. The van der Waals surface area contributed by atoms with Crippen molar-refractivity contribution >= 4 is 50.4 Å². The zero-order chi connectivity index (χ0) is 18.1. The number of benzene rings is 4. The first-order valence-corrected chi connectivity index (χ1v) is 9.62. The Labute approximate surface area is 180 Å². The summed E-state index contributed by atoms with van der Waals surface area (Å²) in [7, 11) is -4.23. The second-order valence-electron chi connectivity index (χ2n) is 6.11. The van der Waals surface area contributed by atoms with Gasteiger partial charge in [0, 0.05) is 0 Å². The first-order chi connectivity index (χ1) is 12.5. The van der Waals surface area contributed by atoms with E-state index in [2.05, 4.69) is 18.2 Å². The molecule has 0 radical (unpaired) electrons. The summed E-state index contributed by atoms with van der Waals surface area (Å²) in [6.45, 7) is 0. The molecule has 1 N–H and O–H groups in total. The summed E-state index contributed by atoms with van der Waals surface area (Å²) in [4.78, 5) is -0.100. The molecule has 4 rings (SSSR count). The topological polar surface area (TPSA) is 54.4 Å². The molecule has 0 saturated heterocycles. The van der Waals surface area contributed by atoms with Crippen molar-refractivity contribution in [3.8, 4) is 22.3 Å². The summed E-state index contributed by atoms with van der Waals surface area (Å²) < 4.78 is 32.3. The van der Waals surface area contributed by atoms with E-state index in [0.29, 0.717) is 0 Å². The Balaban J connectivity index is 0.00000210. The SMILES string of the molecule is O=S(=O)(O)c1ccc2cc(-c3ccccc3)c(-c3ccccc3)cc2c1.[NaH]. The standard InChI is InChI=1S/C22H16O3S.Na.H/c23-26(24,25)20-12-11-18-14-21(16-7-3-1-4-8-16)22(15-19(18)13-20)17-9-5-2-6-10-17;;/h1-15H,(H,23,24,25);;. The predicted molar refractivity (Wildman–Crippen MR) is 112 cm³/mol. The molecular weight excluding hydrogens is 367 g/mol. The second-order valence-corrected chi connectivity index (χ2v) is 7.54. The summed E-state index contributed by atoms with van der Waals surface area (Å²) in [5.41, 5.74) is 4.22. The Hall–Kier alpha value is -1.95. The van der Waals surface area contributed by atoms with Crippen molar-refractivity contribution in [3.63, 3.8) is 0 Å². The number of hydrogen-bond acceptors (Lipinski definition) is 2. The number of rotatable bonds is 3. The fraction of sp³-hybridized carbons (Fsp3) is 0. The van der Waals surface area contributed by atoms with Crippen molar-refractivity contribution in [2.75, 3.05) is 0 Å². The van der Waals surface area contributed by atoms with E-state index in [0.717, 1.165) is 33.0 Å². The number of hydrogen-bond donors (Lipinski definition) is 1. The van der Waals surface area contributed by atoms with E-state index in [9.17, 15) is 13.0 Å². The Morgan fingerprint density at radius 1 is 0.593 bits per heavy atom. The summed E-state index contributed by atoms with van der Waals surface area (Å²) in [5, 5.41) is 1.68. The van der Waals surface area contributed by atoms with Gasteiger partial charge in [0.05, 0.1) is 4.90 Å². The molecule has 0 spiro atoms. The van der Waals surface area contributed by atoms with Gasteiger partial charge in [0.1, 0.15) is 0 Å². The van der Waals surface area contributed by atoms with Gasteiger partial charge in [0.25, 0.3) is 10.1 Å². The van der Waals surface area contributed by atoms with Crippen molar-refractivity contribution < 1.29 is 13.0 Å². The quantitative estimate of drug-likeness (QED) is 0.409. The van der Waals surface area contributed by atoms with Crippen molar-refractivity contribution in [2.24, 2.45) is 0 Å². The van der Waals surface area contributed by atoms with Crippen LogP contribution in [0.5, 0.6) is 0 Å². The Morgan fingerprint density at radius 2 is 1.07 bits per heavy atom. The van der Waals surface area contributed by atoms with Gasteiger partial charge in [-0.1, -0.05) is 66.7 Å². The minimum atomic E-state index is -4.23. The average Bonchev–Trinajstić information content (AvgIpc) is 2.67. The third-order valence-electron chi connectivity index (χ3n) is 4.42. The van der Waals surface area contributed by atoms with Gasteiger partial charge in [-0.3, -0.25) is 4.55 Å². The molecule has 0 fully saturated rings. The second kappa shape index (κ2) is 7.97. The van der Waals surface area contributed by atoms with Gasteiger partial charge in [-0.05, 0) is 57.3 Å². The van der Waals surface area contributed by atoms with Crippen molar-refractivity contribution in [1.82, 2.24) is 0 Å². The third-order valence-corrected chi connectivity index (χ3v) is 5.27. The van der Waals surface area contributed by atoms with Crippen LogP contribution in [0.4, 0.5) is 0 Å². The maximum atomic E-state index is 11.5. The molecule has 0 saturated carbocycles. The zero-order valence-electron chi connectivity index (χ0n) is 13.8.